The van der Waals surface area contributed by atoms with E-state index in [1.165, 1.54) is 33.0 Å². The second kappa shape index (κ2) is 6.91. The maximum absolute atomic E-state index is 11.0. The predicted octanol–water partition coefficient (Wildman–Crippen LogP) is 6.32. The number of anilines is 2. The lowest BCUT2D eigenvalue weighted by molar-refractivity contribution is -0.132. The number of rotatable bonds is 4. The molecule has 0 aromatic heterocycles. The summed E-state index contributed by atoms with van der Waals surface area (Å²) in [6.45, 7) is 0. The highest BCUT2D eigenvalue weighted by atomic mass is 16.4. The van der Waals surface area contributed by atoms with Crippen LogP contribution in [0.4, 0.5) is 11.4 Å². The summed E-state index contributed by atoms with van der Waals surface area (Å²) in [6, 6.07) is 28.2. The Hall–Kier alpha value is -4.36. The van der Waals surface area contributed by atoms with Gasteiger partial charge in [0.1, 0.15) is 11.6 Å². The first-order chi connectivity index (χ1) is 14.6. The molecule has 0 spiro atoms. The first kappa shape index (κ1) is 17.7. The first-order valence-corrected chi connectivity index (χ1v) is 9.53. The van der Waals surface area contributed by atoms with Gasteiger partial charge < -0.3 is 10.4 Å². The van der Waals surface area contributed by atoms with Crippen LogP contribution >= 0.6 is 0 Å². The van der Waals surface area contributed by atoms with E-state index in [-0.39, 0.29) is 5.57 Å². The van der Waals surface area contributed by atoms with Gasteiger partial charge in [-0.2, -0.15) is 5.26 Å². The van der Waals surface area contributed by atoms with Crippen LogP contribution in [0.3, 0.4) is 0 Å². The molecule has 0 unspecified atom stereocenters. The second-order valence-corrected chi connectivity index (χ2v) is 7.19. The molecule has 0 aliphatic carbocycles. The minimum absolute atomic E-state index is 0.289. The molecule has 0 aliphatic rings. The van der Waals surface area contributed by atoms with Gasteiger partial charge in [0.15, 0.2) is 0 Å². The van der Waals surface area contributed by atoms with Crippen LogP contribution in [0.5, 0.6) is 0 Å². The summed E-state index contributed by atoms with van der Waals surface area (Å²) in [5, 5.41) is 28.7. The van der Waals surface area contributed by atoms with Crippen LogP contribution in [0.15, 0.2) is 84.4 Å². The summed E-state index contributed by atoms with van der Waals surface area (Å²) in [6.07, 6.45) is 1.36. The SMILES string of the molecule is N#C/C(=C\c1ccc(Nc2ccc3ccc4cccc5ccc2c3c45)cc1)C(=O)O. The zero-order valence-electron chi connectivity index (χ0n) is 15.9. The molecular weight excluding hydrogens is 372 g/mol. The molecular formula is C26H16N2O2. The van der Waals surface area contributed by atoms with Crippen molar-refractivity contribution in [3.05, 3.63) is 90.0 Å². The van der Waals surface area contributed by atoms with Gasteiger partial charge in [0.2, 0.25) is 0 Å². The predicted molar refractivity (Wildman–Crippen MR) is 121 cm³/mol. The van der Waals surface area contributed by atoms with Crippen molar-refractivity contribution in [2.45, 2.75) is 0 Å². The topological polar surface area (TPSA) is 73.1 Å². The van der Waals surface area contributed by atoms with Gasteiger partial charge in [0.25, 0.3) is 0 Å². The van der Waals surface area contributed by atoms with Crippen molar-refractivity contribution in [1.29, 1.82) is 5.26 Å². The largest absolute Gasteiger partial charge is 0.477 e. The number of hydrogen-bond acceptors (Lipinski definition) is 3. The average Bonchev–Trinajstić information content (AvgIpc) is 2.77. The highest BCUT2D eigenvalue weighted by Crippen LogP contribution is 2.38. The molecule has 0 heterocycles. The summed E-state index contributed by atoms with van der Waals surface area (Å²) >= 11 is 0. The van der Waals surface area contributed by atoms with Gasteiger partial charge in [-0.25, -0.2) is 4.79 Å². The Labute approximate surface area is 172 Å². The van der Waals surface area contributed by atoms with Gasteiger partial charge in [-0.1, -0.05) is 60.7 Å². The van der Waals surface area contributed by atoms with Crippen molar-refractivity contribution in [1.82, 2.24) is 0 Å². The molecule has 5 aromatic carbocycles. The number of hydrogen-bond donors (Lipinski definition) is 2. The summed E-state index contributed by atoms with van der Waals surface area (Å²) in [5.74, 6) is -1.23. The van der Waals surface area contributed by atoms with Crippen LogP contribution in [0.1, 0.15) is 5.56 Å². The lowest BCUT2D eigenvalue weighted by Crippen LogP contribution is -1.97. The van der Waals surface area contributed by atoms with E-state index in [4.69, 9.17) is 10.4 Å². The highest BCUT2D eigenvalue weighted by Gasteiger charge is 2.11. The van der Waals surface area contributed by atoms with Crippen molar-refractivity contribution in [2.24, 2.45) is 0 Å². The number of carboxylic acids is 1. The Bertz CT molecular complexity index is 1480. The van der Waals surface area contributed by atoms with Crippen LogP contribution in [0.25, 0.3) is 38.4 Å². The van der Waals surface area contributed by atoms with E-state index >= 15 is 0 Å². The highest BCUT2D eigenvalue weighted by molar-refractivity contribution is 6.25. The fourth-order valence-corrected chi connectivity index (χ4v) is 3.97. The number of aliphatic carboxylic acids is 1. The number of nitrogens with zero attached hydrogens (tertiary/aromatic N) is 1. The third kappa shape index (κ3) is 2.90. The number of nitriles is 1. The summed E-state index contributed by atoms with van der Waals surface area (Å²) in [7, 11) is 0. The van der Waals surface area contributed by atoms with Crippen molar-refractivity contribution in [3.8, 4) is 6.07 Å². The quantitative estimate of drug-likeness (QED) is 0.215. The van der Waals surface area contributed by atoms with Gasteiger partial charge >= 0.3 is 5.97 Å². The van der Waals surface area contributed by atoms with Crippen LogP contribution < -0.4 is 5.32 Å². The van der Waals surface area contributed by atoms with Gasteiger partial charge in [-0.15, -0.1) is 0 Å². The molecule has 0 saturated carbocycles. The monoisotopic (exact) mass is 388 g/mol. The molecule has 142 valence electrons. The Morgan fingerprint density at radius 2 is 1.47 bits per heavy atom. The number of carboxylic acid groups (broad SMARTS) is 1. The number of benzene rings is 5. The Balaban J connectivity index is 1.56. The summed E-state index contributed by atoms with van der Waals surface area (Å²) in [4.78, 5) is 11.0. The Morgan fingerprint density at radius 3 is 2.13 bits per heavy atom. The molecule has 0 fully saturated rings. The van der Waals surface area contributed by atoms with E-state index in [1.807, 2.05) is 12.1 Å². The Kier molecular flexibility index (Phi) is 4.08. The van der Waals surface area contributed by atoms with E-state index in [0.29, 0.717) is 5.56 Å². The lowest BCUT2D eigenvalue weighted by atomic mass is 9.93. The van der Waals surface area contributed by atoms with E-state index < -0.39 is 5.97 Å². The fraction of sp³-hybridized carbons (Fsp3) is 0. The maximum atomic E-state index is 11.0. The minimum Gasteiger partial charge on any atom is -0.477 e. The van der Waals surface area contributed by atoms with Crippen molar-refractivity contribution >= 4 is 55.7 Å². The molecule has 0 atom stereocenters. The van der Waals surface area contributed by atoms with Crippen LogP contribution in [0.2, 0.25) is 0 Å². The third-order valence-corrected chi connectivity index (χ3v) is 5.38. The molecule has 0 saturated heterocycles. The molecule has 30 heavy (non-hydrogen) atoms. The van der Waals surface area contributed by atoms with Crippen molar-refractivity contribution in [3.63, 3.8) is 0 Å². The first-order valence-electron chi connectivity index (χ1n) is 9.53. The summed E-state index contributed by atoms with van der Waals surface area (Å²) < 4.78 is 0. The van der Waals surface area contributed by atoms with E-state index in [2.05, 4.69) is 59.9 Å². The molecule has 5 rings (SSSR count). The zero-order valence-corrected chi connectivity index (χ0v) is 15.9. The van der Waals surface area contributed by atoms with Gasteiger partial charge in [-0.3, -0.25) is 0 Å². The lowest BCUT2D eigenvalue weighted by Gasteiger charge is -2.15. The average molecular weight is 388 g/mol. The fourth-order valence-electron chi connectivity index (χ4n) is 3.97. The molecule has 4 nitrogen and oxygen atoms in total. The molecule has 2 N–H and O–H groups in total. The van der Waals surface area contributed by atoms with Crippen LogP contribution in [0, 0.1) is 11.3 Å². The number of nitrogens with one attached hydrogen (secondary N) is 1. The Morgan fingerprint density at radius 1 is 0.833 bits per heavy atom. The molecule has 0 amide bonds. The van der Waals surface area contributed by atoms with Gasteiger partial charge in [0, 0.05) is 16.8 Å². The molecule has 5 aromatic rings. The molecule has 0 bridgehead atoms. The standard InChI is InChI=1S/C26H16N2O2/c27-15-20(26(29)30)14-16-4-10-21(11-5-16)28-23-13-9-19-7-6-17-2-1-3-18-8-12-22(23)25(19)24(17)18/h1-14,28H,(H,29,30)/b20-14+. The smallest absolute Gasteiger partial charge is 0.346 e. The molecule has 0 aliphatic heterocycles. The van der Waals surface area contributed by atoms with Crippen LogP contribution in [-0.4, -0.2) is 11.1 Å². The third-order valence-electron chi connectivity index (χ3n) is 5.38. The van der Waals surface area contributed by atoms with E-state index in [9.17, 15) is 4.79 Å². The zero-order chi connectivity index (χ0) is 20.7. The van der Waals surface area contributed by atoms with E-state index in [0.717, 1.165) is 16.8 Å². The normalized spacial score (nSPS) is 11.8. The second-order valence-electron chi connectivity index (χ2n) is 7.19. The maximum Gasteiger partial charge on any atom is 0.346 e. The van der Waals surface area contributed by atoms with Gasteiger partial charge in [0.05, 0.1) is 0 Å². The molecule has 0 radical (unpaired) electrons. The van der Waals surface area contributed by atoms with Crippen LogP contribution in [-0.2, 0) is 4.79 Å². The number of carbonyl (C=O) groups is 1. The van der Waals surface area contributed by atoms with Gasteiger partial charge in [-0.05, 0) is 56.8 Å². The molecule has 4 heteroatoms. The summed E-state index contributed by atoms with van der Waals surface area (Å²) in [5.41, 5.74) is 2.26. The van der Waals surface area contributed by atoms with E-state index in [1.54, 1.807) is 18.2 Å². The van der Waals surface area contributed by atoms with Crippen molar-refractivity contribution < 1.29 is 9.90 Å². The van der Waals surface area contributed by atoms with Crippen molar-refractivity contribution in [2.75, 3.05) is 5.32 Å². The minimum atomic E-state index is -1.23.